The van der Waals surface area contributed by atoms with E-state index in [9.17, 15) is 5.11 Å². The number of allylic oxidation sites excluding steroid dienone is 4. The van der Waals surface area contributed by atoms with Crippen molar-refractivity contribution in [2.75, 3.05) is 13.2 Å². The standard InChI is InChI=1S/C16H20O3/c1-3-8-15(9-4-2)18-12-14(17)13-19-16-10-6-5-7-11-16/h3-11,14,17H,1,12-13H2,2H3/b9-4-,15-8+. The summed E-state index contributed by atoms with van der Waals surface area (Å²) in [6.07, 6.45) is 6.38. The van der Waals surface area contributed by atoms with Crippen molar-refractivity contribution in [3.63, 3.8) is 0 Å². The lowest BCUT2D eigenvalue weighted by Gasteiger charge is -2.13. The topological polar surface area (TPSA) is 38.7 Å². The summed E-state index contributed by atoms with van der Waals surface area (Å²) in [6.45, 7) is 5.88. The van der Waals surface area contributed by atoms with Gasteiger partial charge in [0.1, 0.15) is 30.8 Å². The third-order valence-corrected chi connectivity index (χ3v) is 2.24. The van der Waals surface area contributed by atoms with Crippen LogP contribution in [0, 0.1) is 0 Å². The van der Waals surface area contributed by atoms with Crippen molar-refractivity contribution in [1.82, 2.24) is 0 Å². The molecule has 3 nitrogen and oxygen atoms in total. The Morgan fingerprint density at radius 2 is 2.05 bits per heavy atom. The average Bonchev–Trinajstić information content (AvgIpc) is 2.44. The number of hydrogen-bond donors (Lipinski definition) is 1. The number of hydrogen-bond acceptors (Lipinski definition) is 3. The van der Waals surface area contributed by atoms with Crippen molar-refractivity contribution < 1.29 is 14.6 Å². The third kappa shape index (κ3) is 6.48. The smallest absolute Gasteiger partial charge is 0.122 e. The van der Waals surface area contributed by atoms with Crippen molar-refractivity contribution in [3.05, 3.63) is 67.0 Å². The maximum absolute atomic E-state index is 9.77. The lowest BCUT2D eigenvalue weighted by atomic mass is 10.3. The first-order valence-electron chi connectivity index (χ1n) is 6.20. The molecular weight excluding hydrogens is 240 g/mol. The van der Waals surface area contributed by atoms with Gasteiger partial charge in [-0.2, -0.15) is 0 Å². The molecule has 0 aromatic heterocycles. The van der Waals surface area contributed by atoms with Gasteiger partial charge in [-0.3, -0.25) is 0 Å². The van der Waals surface area contributed by atoms with Crippen LogP contribution in [0.4, 0.5) is 0 Å². The quantitative estimate of drug-likeness (QED) is 0.576. The summed E-state index contributed by atoms with van der Waals surface area (Å²) in [5, 5.41) is 9.77. The van der Waals surface area contributed by atoms with E-state index < -0.39 is 6.10 Å². The van der Waals surface area contributed by atoms with E-state index >= 15 is 0 Å². The van der Waals surface area contributed by atoms with E-state index in [2.05, 4.69) is 6.58 Å². The van der Waals surface area contributed by atoms with Crippen LogP contribution in [0.5, 0.6) is 5.75 Å². The molecule has 0 spiro atoms. The van der Waals surface area contributed by atoms with Gasteiger partial charge in [0, 0.05) is 0 Å². The molecule has 0 aliphatic carbocycles. The lowest BCUT2D eigenvalue weighted by molar-refractivity contribution is 0.0405. The van der Waals surface area contributed by atoms with Crippen molar-refractivity contribution in [3.8, 4) is 5.75 Å². The molecule has 102 valence electrons. The molecule has 1 aromatic carbocycles. The van der Waals surface area contributed by atoms with Crippen LogP contribution in [0.2, 0.25) is 0 Å². The highest BCUT2D eigenvalue weighted by Gasteiger charge is 2.06. The van der Waals surface area contributed by atoms with E-state index in [0.29, 0.717) is 5.76 Å². The van der Waals surface area contributed by atoms with Crippen molar-refractivity contribution in [2.45, 2.75) is 13.0 Å². The van der Waals surface area contributed by atoms with Gasteiger partial charge in [0.2, 0.25) is 0 Å². The van der Waals surface area contributed by atoms with Crippen molar-refractivity contribution >= 4 is 0 Å². The number of aliphatic hydroxyl groups is 1. The Morgan fingerprint density at radius 3 is 2.68 bits per heavy atom. The molecule has 1 atom stereocenters. The molecule has 0 fully saturated rings. The molecule has 0 aliphatic rings. The second-order valence-corrected chi connectivity index (χ2v) is 3.89. The van der Waals surface area contributed by atoms with Crippen LogP contribution in [-0.4, -0.2) is 24.4 Å². The molecule has 0 radical (unpaired) electrons. The monoisotopic (exact) mass is 260 g/mol. The zero-order chi connectivity index (χ0) is 13.9. The molecule has 0 amide bonds. The SMILES string of the molecule is C=C/C=C(\C=C/C)OCC(O)COc1ccccc1. The van der Waals surface area contributed by atoms with Crippen LogP contribution in [0.15, 0.2) is 67.0 Å². The molecule has 0 saturated carbocycles. The first-order valence-corrected chi connectivity index (χ1v) is 6.20. The highest BCUT2D eigenvalue weighted by Crippen LogP contribution is 2.09. The molecule has 0 bridgehead atoms. The Balaban J connectivity index is 2.33. The molecule has 0 heterocycles. The van der Waals surface area contributed by atoms with Gasteiger partial charge in [-0.15, -0.1) is 0 Å². The third-order valence-electron chi connectivity index (χ3n) is 2.24. The van der Waals surface area contributed by atoms with Crippen LogP contribution in [0.25, 0.3) is 0 Å². The Kier molecular flexibility index (Phi) is 7.13. The Hall–Kier alpha value is -2.00. The molecule has 1 aromatic rings. The number of rotatable bonds is 8. The highest BCUT2D eigenvalue weighted by molar-refractivity contribution is 5.21. The number of benzene rings is 1. The van der Waals surface area contributed by atoms with Gasteiger partial charge in [-0.05, 0) is 31.2 Å². The zero-order valence-corrected chi connectivity index (χ0v) is 11.2. The zero-order valence-electron chi connectivity index (χ0n) is 11.2. The van der Waals surface area contributed by atoms with Gasteiger partial charge in [-0.25, -0.2) is 0 Å². The minimum Gasteiger partial charge on any atom is -0.491 e. The minimum atomic E-state index is -0.682. The summed E-state index contributed by atoms with van der Waals surface area (Å²) in [7, 11) is 0. The van der Waals surface area contributed by atoms with E-state index in [1.165, 1.54) is 0 Å². The van der Waals surface area contributed by atoms with E-state index in [-0.39, 0.29) is 13.2 Å². The summed E-state index contributed by atoms with van der Waals surface area (Å²) in [4.78, 5) is 0. The van der Waals surface area contributed by atoms with Crippen LogP contribution >= 0.6 is 0 Å². The molecule has 1 unspecified atom stereocenters. The molecule has 1 N–H and O–H groups in total. The first kappa shape index (κ1) is 15.1. The fourth-order valence-corrected chi connectivity index (χ4v) is 1.38. The van der Waals surface area contributed by atoms with Gasteiger partial charge in [0.05, 0.1) is 0 Å². The van der Waals surface area contributed by atoms with Crippen molar-refractivity contribution in [2.24, 2.45) is 0 Å². The fraction of sp³-hybridized carbons (Fsp3) is 0.250. The molecule has 0 saturated heterocycles. The summed E-state index contributed by atoms with van der Waals surface area (Å²) in [5.41, 5.74) is 0. The van der Waals surface area contributed by atoms with Crippen LogP contribution in [0.1, 0.15) is 6.92 Å². The second-order valence-electron chi connectivity index (χ2n) is 3.89. The molecule has 0 aliphatic heterocycles. The molecule has 3 heteroatoms. The van der Waals surface area contributed by atoms with E-state index in [1.807, 2.05) is 49.4 Å². The maximum Gasteiger partial charge on any atom is 0.122 e. The van der Waals surface area contributed by atoms with Crippen molar-refractivity contribution in [1.29, 1.82) is 0 Å². The van der Waals surface area contributed by atoms with E-state index in [1.54, 1.807) is 12.2 Å². The normalized spacial score (nSPS) is 13.3. The van der Waals surface area contributed by atoms with E-state index in [0.717, 1.165) is 5.75 Å². The average molecular weight is 260 g/mol. The summed E-state index contributed by atoms with van der Waals surface area (Å²) < 4.78 is 10.9. The van der Waals surface area contributed by atoms with Crippen LogP contribution in [0.3, 0.4) is 0 Å². The predicted molar refractivity (Wildman–Crippen MR) is 77.0 cm³/mol. The number of para-hydroxylation sites is 1. The second kappa shape index (κ2) is 9.00. The predicted octanol–water partition coefficient (Wildman–Crippen LogP) is 3.09. The van der Waals surface area contributed by atoms with Gasteiger partial charge < -0.3 is 14.6 Å². The fourth-order valence-electron chi connectivity index (χ4n) is 1.38. The summed E-state index contributed by atoms with van der Waals surface area (Å²) in [6, 6.07) is 9.37. The molecule has 19 heavy (non-hydrogen) atoms. The number of aliphatic hydroxyl groups excluding tert-OH is 1. The Bertz CT molecular complexity index is 421. The van der Waals surface area contributed by atoms with Crippen LogP contribution in [-0.2, 0) is 4.74 Å². The van der Waals surface area contributed by atoms with Gasteiger partial charge in [0.15, 0.2) is 0 Å². The number of ether oxygens (including phenoxy) is 2. The Labute approximate surface area is 114 Å². The van der Waals surface area contributed by atoms with E-state index in [4.69, 9.17) is 9.47 Å². The highest BCUT2D eigenvalue weighted by atomic mass is 16.5. The summed E-state index contributed by atoms with van der Waals surface area (Å²) in [5.74, 6) is 1.40. The van der Waals surface area contributed by atoms with Gasteiger partial charge in [0.25, 0.3) is 0 Å². The molecule has 1 rings (SSSR count). The maximum atomic E-state index is 9.77. The lowest BCUT2D eigenvalue weighted by Crippen LogP contribution is -2.23. The first-order chi connectivity index (χ1) is 9.26. The Morgan fingerprint density at radius 1 is 1.32 bits per heavy atom. The van der Waals surface area contributed by atoms with Gasteiger partial charge in [-0.1, -0.05) is 36.9 Å². The molecular formula is C16H20O3. The van der Waals surface area contributed by atoms with Crippen LogP contribution < -0.4 is 4.74 Å². The summed E-state index contributed by atoms with van der Waals surface area (Å²) >= 11 is 0. The largest absolute Gasteiger partial charge is 0.491 e. The minimum absolute atomic E-state index is 0.177. The van der Waals surface area contributed by atoms with Gasteiger partial charge >= 0.3 is 0 Å².